The van der Waals surface area contributed by atoms with Crippen LogP contribution in [0.5, 0.6) is 0 Å². The van der Waals surface area contributed by atoms with E-state index in [1.807, 2.05) is 6.92 Å². The van der Waals surface area contributed by atoms with Gasteiger partial charge < -0.3 is 4.42 Å². The van der Waals surface area contributed by atoms with Crippen molar-refractivity contribution in [1.82, 2.24) is 0 Å². The van der Waals surface area contributed by atoms with Crippen molar-refractivity contribution in [2.24, 2.45) is 5.41 Å². The van der Waals surface area contributed by atoms with Crippen molar-refractivity contribution in [1.29, 1.82) is 0 Å². The molecule has 0 spiro atoms. The van der Waals surface area contributed by atoms with E-state index in [1.54, 1.807) is 13.8 Å². The van der Waals surface area contributed by atoms with Gasteiger partial charge in [-0.3, -0.25) is 14.9 Å². The highest BCUT2D eigenvalue weighted by Crippen LogP contribution is 2.27. The van der Waals surface area contributed by atoms with E-state index in [0.717, 1.165) is 0 Å². The normalized spacial score (nSPS) is 11.4. The van der Waals surface area contributed by atoms with Crippen LogP contribution in [0.2, 0.25) is 0 Å². The Hall–Kier alpha value is -1.65. The minimum absolute atomic E-state index is 0.0496. The Bertz CT molecular complexity index is 392. The van der Waals surface area contributed by atoms with E-state index in [9.17, 15) is 14.9 Å². The number of nitro groups is 1. The van der Waals surface area contributed by atoms with Crippen molar-refractivity contribution < 1.29 is 14.1 Å². The van der Waals surface area contributed by atoms with Gasteiger partial charge in [0.15, 0.2) is 5.76 Å². The summed E-state index contributed by atoms with van der Waals surface area (Å²) in [5.74, 6) is -0.558. The van der Waals surface area contributed by atoms with E-state index >= 15 is 0 Å². The van der Waals surface area contributed by atoms with Crippen LogP contribution in [0.1, 0.15) is 37.7 Å². The summed E-state index contributed by atoms with van der Waals surface area (Å²) < 4.78 is 4.85. The molecule has 0 saturated carbocycles. The highest BCUT2D eigenvalue weighted by molar-refractivity contribution is 5.97. The predicted octanol–water partition coefficient (Wildman–Crippen LogP) is 2.81. The van der Waals surface area contributed by atoms with Crippen LogP contribution in [-0.2, 0) is 0 Å². The van der Waals surface area contributed by atoms with Gasteiger partial charge in [-0.2, -0.15) is 0 Å². The Kier molecular flexibility index (Phi) is 2.93. The molecule has 0 bridgehead atoms. The van der Waals surface area contributed by atoms with Crippen LogP contribution in [0.25, 0.3) is 0 Å². The summed E-state index contributed by atoms with van der Waals surface area (Å²) in [6.07, 6.45) is 0.653. The first kappa shape index (κ1) is 11.4. The Labute approximate surface area is 87.2 Å². The monoisotopic (exact) mass is 211 g/mol. The van der Waals surface area contributed by atoms with Gasteiger partial charge in [0.2, 0.25) is 5.78 Å². The summed E-state index contributed by atoms with van der Waals surface area (Å²) in [7, 11) is 0. The number of hydrogen-bond donors (Lipinski definition) is 0. The lowest BCUT2D eigenvalue weighted by Crippen LogP contribution is -2.22. The van der Waals surface area contributed by atoms with Crippen LogP contribution in [0.4, 0.5) is 5.88 Å². The average molecular weight is 211 g/mol. The number of Topliss-reactive ketones (excluding diaryl/α,β-unsaturated/α-hetero) is 1. The number of ketones is 1. The largest absolute Gasteiger partial charge is 0.433 e. The second-order valence-electron chi connectivity index (χ2n) is 3.96. The quantitative estimate of drug-likeness (QED) is 0.436. The zero-order valence-corrected chi connectivity index (χ0v) is 8.94. The van der Waals surface area contributed by atoms with E-state index < -0.39 is 16.2 Å². The highest BCUT2D eigenvalue weighted by Gasteiger charge is 2.30. The average Bonchev–Trinajstić information content (AvgIpc) is 2.65. The molecule has 0 aliphatic carbocycles. The number of rotatable bonds is 4. The van der Waals surface area contributed by atoms with Gasteiger partial charge in [-0.25, -0.2) is 0 Å². The van der Waals surface area contributed by atoms with Crippen molar-refractivity contribution in [3.05, 3.63) is 28.0 Å². The van der Waals surface area contributed by atoms with Crippen LogP contribution in [0.15, 0.2) is 16.5 Å². The van der Waals surface area contributed by atoms with E-state index in [-0.39, 0.29) is 11.5 Å². The molecule has 0 N–H and O–H groups in total. The van der Waals surface area contributed by atoms with Crippen LogP contribution in [0, 0.1) is 15.5 Å². The van der Waals surface area contributed by atoms with Gasteiger partial charge in [-0.15, -0.1) is 0 Å². The molecule has 0 amide bonds. The molecule has 0 saturated heterocycles. The third-order valence-corrected chi connectivity index (χ3v) is 2.49. The molecule has 5 heteroatoms. The lowest BCUT2D eigenvalue weighted by molar-refractivity contribution is -0.402. The second kappa shape index (κ2) is 3.84. The zero-order valence-electron chi connectivity index (χ0n) is 8.94. The maximum atomic E-state index is 11.8. The maximum Gasteiger partial charge on any atom is 0.433 e. The Morgan fingerprint density at radius 2 is 2.13 bits per heavy atom. The van der Waals surface area contributed by atoms with E-state index in [1.165, 1.54) is 12.1 Å². The molecule has 0 aliphatic rings. The fourth-order valence-electron chi connectivity index (χ4n) is 1.04. The standard InChI is InChI=1S/C10H13NO4/c1-4-10(2,3)9(12)7-5-6-8(15-7)11(13)14/h5-6H,4H2,1-3H3. The number of hydrogen-bond acceptors (Lipinski definition) is 4. The van der Waals surface area contributed by atoms with Gasteiger partial charge in [0.05, 0.1) is 6.07 Å². The molecule has 0 fully saturated rings. The van der Waals surface area contributed by atoms with Crippen LogP contribution >= 0.6 is 0 Å². The fraction of sp³-hybridized carbons (Fsp3) is 0.500. The van der Waals surface area contributed by atoms with E-state index in [0.29, 0.717) is 6.42 Å². The molecular formula is C10H13NO4. The van der Waals surface area contributed by atoms with Crippen molar-refractivity contribution in [2.75, 3.05) is 0 Å². The van der Waals surface area contributed by atoms with Gasteiger partial charge in [-0.1, -0.05) is 20.8 Å². The zero-order chi connectivity index (χ0) is 11.6. The first-order valence-electron chi connectivity index (χ1n) is 4.67. The summed E-state index contributed by atoms with van der Waals surface area (Å²) in [5.41, 5.74) is -0.550. The minimum Gasteiger partial charge on any atom is -0.397 e. The lowest BCUT2D eigenvalue weighted by Gasteiger charge is -2.18. The topological polar surface area (TPSA) is 73.3 Å². The van der Waals surface area contributed by atoms with Crippen molar-refractivity contribution in [2.45, 2.75) is 27.2 Å². The van der Waals surface area contributed by atoms with E-state index in [4.69, 9.17) is 4.42 Å². The Morgan fingerprint density at radius 3 is 2.53 bits per heavy atom. The first-order chi connectivity index (χ1) is 6.88. The summed E-state index contributed by atoms with van der Waals surface area (Å²) in [6, 6.07) is 2.54. The smallest absolute Gasteiger partial charge is 0.397 e. The molecule has 1 rings (SSSR count). The van der Waals surface area contributed by atoms with Crippen molar-refractivity contribution in [3.63, 3.8) is 0 Å². The third-order valence-electron chi connectivity index (χ3n) is 2.49. The van der Waals surface area contributed by atoms with Crippen molar-refractivity contribution in [3.8, 4) is 0 Å². The number of nitrogens with zero attached hydrogens (tertiary/aromatic N) is 1. The fourth-order valence-corrected chi connectivity index (χ4v) is 1.04. The van der Waals surface area contributed by atoms with Gasteiger partial charge >= 0.3 is 5.88 Å². The molecule has 1 aromatic rings. The number of furan rings is 1. The molecule has 15 heavy (non-hydrogen) atoms. The molecule has 0 aromatic carbocycles. The summed E-state index contributed by atoms with van der Waals surface area (Å²) >= 11 is 0. The van der Waals surface area contributed by atoms with Crippen LogP contribution < -0.4 is 0 Å². The first-order valence-corrected chi connectivity index (χ1v) is 4.67. The molecule has 82 valence electrons. The summed E-state index contributed by atoms with van der Waals surface area (Å²) in [5, 5.41) is 10.4. The predicted molar refractivity (Wildman–Crippen MR) is 53.8 cm³/mol. The molecule has 1 aromatic heterocycles. The SMILES string of the molecule is CCC(C)(C)C(=O)c1ccc([N+](=O)[O-])o1. The molecule has 0 radical (unpaired) electrons. The van der Waals surface area contributed by atoms with Crippen LogP contribution in [0.3, 0.4) is 0 Å². The maximum absolute atomic E-state index is 11.8. The molecule has 0 unspecified atom stereocenters. The second-order valence-corrected chi connectivity index (χ2v) is 3.96. The Balaban J connectivity index is 2.98. The van der Waals surface area contributed by atoms with Gasteiger partial charge in [0, 0.05) is 5.41 Å². The molecule has 5 nitrogen and oxygen atoms in total. The number of carbonyl (C=O) groups is 1. The minimum atomic E-state index is -0.657. The molecule has 0 atom stereocenters. The van der Waals surface area contributed by atoms with Gasteiger partial charge in [0.1, 0.15) is 4.92 Å². The van der Waals surface area contributed by atoms with Crippen molar-refractivity contribution >= 4 is 11.7 Å². The van der Waals surface area contributed by atoms with Gasteiger partial charge in [0.25, 0.3) is 0 Å². The summed E-state index contributed by atoms with van der Waals surface area (Å²) in [4.78, 5) is 21.5. The Morgan fingerprint density at radius 1 is 1.53 bits per heavy atom. The number of carbonyl (C=O) groups excluding carboxylic acids is 1. The summed E-state index contributed by atoms with van der Waals surface area (Å²) in [6.45, 7) is 5.45. The molecule has 1 heterocycles. The van der Waals surface area contributed by atoms with Gasteiger partial charge in [-0.05, 0) is 12.5 Å². The molecular weight excluding hydrogens is 198 g/mol. The highest BCUT2D eigenvalue weighted by atomic mass is 16.6. The third kappa shape index (κ3) is 2.23. The lowest BCUT2D eigenvalue weighted by atomic mass is 9.84. The molecule has 0 aliphatic heterocycles. The van der Waals surface area contributed by atoms with E-state index in [2.05, 4.69) is 0 Å². The van der Waals surface area contributed by atoms with Crippen LogP contribution in [-0.4, -0.2) is 10.7 Å².